The third-order valence-corrected chi connectivity index (χ3v) is 6.52. The number of piperidine rings is 1. The van der Waals surface area contributed by atoms with E-state index >= 15 is 0 Å². The van der Waals surface area contributed by atoms with Gasteiger partial charge in [0.2, 0.25) is 15.9 Å². The zero-order valence-corrected chi connectivity index (χ0v) is 17.7. The fourth-order valence-electron chi connectivity index (χ4n) is 3.35. The van der Waals surface area contributed by atoms with Crippen LogP contribution in [0.4, 0.5) is 0 Å². The van der Waals surface area contributed by atoms with Gasteiger partial charge in [0.15, 0.2) is 0 Å². The summed E-state index contributed by atoms with van der Waals surface area (Å²) in [5.74, 6) is -0.0299. The molecule has 2 rings (SSSR count). The average molecular weight is 396 g/mol. The van der Waals surface area contributed by atoms with Gasteiger partial charge in [-0.3, -0.25) is 4.79 Å². The fraction of sp³-hybridized carbons (Fsp3) is 0.650. The first-order valence-corrected chi connectivity index (χ1v) is 11.3. The molecule has 1 aromatic rings. The van der Waals surface area contributed by atoms with Crippen LogP contribution in [0.25, 0.3) is 0 Å². The Bertz CT molecular complexity index is 708. The SMILES string of the molecule is CCN1CCC(NC(=O)[C@@H](CC(C)C)NS(=O)(=O)c2ccc(C)cc2)CC1. The van der Waals surface area contributed by atoms with E-state index in [9.17, 15) is 13.2 Å². The molecule has 1 fully saturated rings. The molecule has 0 aliphatic carbocycles. The summed E-state index contributed by atoms with van der Waals surface area (Å²) < 4.78 is 28.1. The Hall–Kier alpha value is -1.44. The van der Waals surface area contributed by atoms with Gasteiger partial charge >= 0.3 is 0 Å². The number of hydrogen-bond acceptors (Lipinski definition) is 4. The monoisotopic (exact) mass is 395 g/mol. The minimum absolute atomic E-state index is 0.110. The molecule has 7 heteroatoms. The highest BCUT2D eigenvalue weighted by atomic mass is 32.2. The van der Waals surface area contributed by atoms with Crippen molar-refractivity contribution in [2.75, 3.05) is 19.6 Å². The lowest BCUT2D eigenvalue weighted by molar-refractivity contribution is -0.124. The molecular formula is C20H33N3O3S. The van der Waals surface area contributed by atoms with E-state index in [1.165, 1.54) is 0 Å². The molecule has 27 heavy (non-hydrogen) atoms. The van der Waals surface area contributed by atoms with Crippen LogP contribution in [-0.2, 0) is 14.8 Å². The van der Waals surface area contributed by atoms with Crippen LogP contribution in [0.3, 0.4) is 0 Å². The summed E-state index contributed by atoms with van der Waals surface area (Å²) >= 11 is 0. The Labute approximate surface area is 163 Å². The molecule has 0 aromatic heterocycles. The highest BCUT2D eigenvalue weighted by Gasteiger charge is 2.29. The fourth-order valence-corrected chi connectivity index (χ4v) is 4.56. The van der Waals surface area contributed by atoms with E-state index < -0.39 is 16.1 Å². The minimum Gasteiger partial charge on any atom is -0.352 e. The first-order valence-electron chi connectivity index (χ1n) is 9.83. The number of nitrogens with one attached hydrogen (secondary N) is 2. The van der Waals surface area contributed by atoms with Crippen molar-refractivity contribution in [2.24, 2.45) is 5.92 Å². The van der Waals surface area contributed by atoms with Crippen LogP contribution in [0.5, 0.6) is 0 Å². The Morgan fingerprint density at radius 3 is 2.30 bits per heavy atom. The van der Waals surface area contributed by atoms with Gasteiger partial charge in [-0.2, -0.15) is 4.72 Å². The number of carbonyl (C=O) groups is 1. The molecule has 1 atom stereocenters. The summed E-state index contributed by atoms with van der Waals surface area (Å²) in [6, 6.07) is 6.01. The molecule has 1 heterocycles. The largest absolute Gasteiger partial charge is 0.352 e. The summed E-state index contributed by atoms with van der Waals surface area (Å²) in [5, 5.41) is 3.06. The average Bonchev–Trinajstić information content (AvgIpc) is 2.61. The van der Waals surface area contributed by atoms with Gasteiger partial charge in [-0.1, -0.05) is 38.5 Å². The van der Waals surface area contributed by atoms with E-state index in [1.807, 2.05) is 20.8 Å². The summed E-state index contributed by atoms with van der Waals surface area (Å²) in [4.78, 5) is 15.4. The molecule has 1 aliphatic rings. The van der Waals surface area contributed by atoms with Crippen molar-refractivity contribution in [3.8, 4) is 0 Å². The zero-order chi connectivity index (χ0) is 20.0. The smallest absolute Gasteiger partial charge is 0.241 e. The van der Waals surface area contributed by atoms with Crippen molar-refractivity contribution < 1.29 is 13.2 Å². The third-order valence-electron chi connectivity index (χ3n) is 5.03. The van der Waals surface area contributed by atoms with Crippen molar-refractivity contribution in [1.29, 1.82) is 0 Å². The molecule has 6 nitrogen and oxygen atoms in total. The van der Waals surface area contributed by atoms with Crippen molar-refractivity contribution in [1.82, 2.24) is 14.9 Å². The molecule has 1 amide bonds. The first-order chi connectivity index (χ1) is 12.7. The van der Waals surface area contributed by atoms with Crippen LogP contribution in [0.2, 0.25) is 0 Å². The quantitative estimate of drug-likeness (QED) is 0.708. The van der Waals surface area contributed by atoms with E-state index in [4.69, 9.17) is 0 Å². The second-order valence-corrected chi connectivity index (χ2v) is 9.55. The maximum absolute atomic E-state index is 12.8. The highest BCUT2D eigenvalue weighted by Crippen LogP contribution is 2.15. The van der Waals surface area contributed by atoms with E-state index in [2.05, 4.69) is 21.9 Å². The van der Waals surface area contributed by atoms with Crippen LogP contribution in [0.15, 0.2) is 29.2 Å². The maximum Gasteiger partial charge on any atom is 0.241 e. The number of hydrogen-bond donors (Lipinski definition) is 2. The Kier molecular flexibility index (Phi) is 7.82. The predicted octanol–water partition coefficient (Wildman–Crippen LogP) is 2.29. The lowest BCUT2D eigenvalue weighted by Crippen LogP contribution is -2.52. The number of carbonyl (C=O) groups excluding carboxylic acids is 1. The molecule has 152 valence electrons. The Morgan fingerprint density at radius 1 is 1.19 bits per heavy atom. The summed E-state index contributed by atoms with van der Waals surface area (Å²) in [5.41, 5.74) is 0.990. The van der Waals surface area contributed by atoms with Gasteiger partial charge < -0.3 is 10.2 Å². The number of benzene rings is 1. The van der Waals surface area contributed by atoms with Crippen molar-refractivity contribution >= 4 is 15.9 Å². The zero-order valence-electron chi connectivity index (χ0n) is 16.9. The van der Waals surface area contributed by atoms with Gasteiger partial charge in [0.05, 0.1) is 4.90 Å². The maximum atomic E-state index is 12.8. The van der Waals surface area contributed by atoms with Crippen LogP contribution in [0.1, 0.15) is 45.6 Å². The van der Waals surface area contributed by atoms with Gasteiger partial charge in [-0.05, 0) is 50.8 Å². The molecule has 0 unspecified atom stereocenters. The lowest BCUT2D eigenvalue weighted by atomic mass is 10.0. The molecule has 0 spiro atoms. The molecule has 2 N–H and O–H groups in total. The predicted molar refractivity (Wildman–Crippen MR) is 108 cm³/mol. The number of aryl methyl sites for hydroxylation is 1. The molecule has 0 radical (unpaired) electrons. The summed E-state index contributed by atoms with van der Waals surface area (Å²) in [6.07, 6.45) is 2.27. The van der Waals surface area contributed by atoms with Crippen molar-refractivity contribution in [3.63, 3.8) is 0 Å². The summed E-state index contributed by atoms with van der Waals surface area (Å²) in [6.45, 7) is 11.0. The van der Waals surface area contributed by atoms with Gasteiger partial charge in [0, 0.05) is 19.1 Å². The number of nitrogens with zero attached hydrogens (tertiary/aromatic N) is 1. The van der Waals surface area contributed by atoms with Crippen LogP contribution in [-0.4, -0.2) is 50.9 Å². The van der Waals surface area contributed by atoms with E-state index in [0.717, 1.165) is 38.0 Å². The van der Waals surface area contributed by atoms with E-state index in [1.54, 1.807) is 24.3 Å². The number of likely N-dealkylation sites (tertiary alicyclic amines) is 1. The molecule has 1 aromatic carbocycles. The van der Waals surface area contributed by atoms with E-state index in [-0.39, 0.29) is 22.8 Å². The number of sulfonamides is 1. The molecule has 0 saturated carbocycles. The lowest BCUT2D eigenvalue weighted by Gasteiger charge is -2.32. The van der Waals surface area contributed by atoms with Crippen LogP contribution < -0.4 is 10.0 Å². The molecular weight excluding hydrogens is 362 g/mol. The molecule has 1 aliphatic heterocycles. The molecule has 0 bridgehead atoms. The Morgan fingerprint density at radius 2 is 1.78 bits per heavy atom. The topological polar surface area (TPSA) is 78.5 Å². The second-order valence-electron chi connectivity index (χ2n) is 7.83. The summed E-state index contributed by atoms with van der Waals surface area (Å²) in [7, 11) is -3.74. The van der Waals surface area contributed by atoms with Gasteiger partial charge in [-0.25, -0.2) is 8.42 Å². The van der Waals surface area contributed by atoms with Gasteiger partial charge in [0.1, 0.15) is 6.04 Å². The standard InChI is InChI=1S/C20H33N3O3S/c1-5-23-12-10-17(11-13-23)21-20(24)19(14-15(2)3)22-27(25,26)18-8-6-16(4)7-9-18/h6-9,15,17,19,22H,5,10-14H2,1-4H3,(H,21,24)/t19-/m1/s1. The van der Waals surface area contributed by atoms with Crippen LogP contribution >= 0.6 is 0 Å². The second kappa shape index (κ2) is 9.66. The molecule has 1 saturated heterocycles. The normalized spacial score (nSPS) is 17.8. The van der Waals surface area contributed by atoms with E-state index in [0.29, 0.717) is 6.42 Å². The van der Waals surface area contributed by atoms with Gasteiger partial charge in [-0.15, -0.1) is 0 Å². The highest BCUT2D eigenvalue weighted by molar-refractivity contribution is 7.89. The van der Waals surface area contributed by atoms with Crippen molar-refractivity contribution in [2.45, 2.75) is 63.9 Å². The Balaban J connectivity index is 2.05. The third kappa shape index (κ3) is 6.59. The number of amides is 1. The van der Waals surface area contributed by atoms with Crippen LogP contribution in [0, 0.1) is 12.8 Å². The first kappa shape index (κ1) is 21.9. The van der Waals surface area contributed by atoms with Gasteiger partial charge in [0.25, 0.3) is 0 Å². The number of rotatable bonds is 8. The van der Waals surface area contributed by atoms with Crippen molar-refractivity contribution in [3.05, 3.63) is 29.8 Å². The minimum atomic E-state index is -3.74.